The van der Waals surface area contributed by atoms with Crippen LogP contribution in [0.4, 0.5) is 13.9 Å². The first kappa shape index (κ1) is 14.2. The second kappa shape index (κ2) is 5.90. The number of nitrogens with one attached hydrogen (secondary N) is 2. The first-order valence-corrected chi connectivity index (χ1v) is 7.34. The number of rotatable bonds is 4. The van der Waals surface area contributed by atoms with Gasteiger partial charge in [0.05, 0.1) is 10.7 Å². The van der Waals surface area contributed by atoms with Gasteiger partial charge in [0, 0.05) is 0 Å². The molecule has 2 aromatic rings. The van der Waals surface area contributed by atoms with E-state index in [1.54, 1.807) is 12.1 Å². The summed E-state index contributed by atoms with van der Waals surface area (Å²) in [7, 11) is 0. The molecule has 1 aromatic heterocycles. The van der Waals surface area contributed by atoms with Crippen LogP contribution in [-0.2, 0) is 4.79 Å². The zero-order valence-corrected chi connectivity index (χ0v) is 11.8. The monoisotopic (exact) mass is 313 g/mol. The Balaban J connectivity index is 1.81. The van der Waals surface area contributed by atoms with E-state index >= 15 is 0 Å². The minimum Gasteiger partial charge on any atom is -0.432 e. The molecule has 1 fully saturated rings. The van der Waals surface area contributed by atoms with Crippen LogP contribution in [0.15, 0.2) is 18.2 Å². The van der Waals surface area contributed by atoms with Crippen LogP contribution in [0, 0.1) is 0 Å². The number of thiazole rings is 1. The number of hydrogen-bond donors (Lipinski definition) is 2. The number of fused-ring (bicyclic) bond motifs is 1. The van der Waals surface area contributed by atoms with Crippen LogP contribution in [0.1, 0.15) is 12.8 Å². The molecule has 0 saturated carbocycles. The third-order valence-corrected chi connectivity index (χ3v) is 4.14. The van der Waals surface area contributed by atoms with Crippen molar-refractivity contribution in [1.82, 2.24) is 10.3 Å². The summed E-state index contributed by atoms with van der Waals surface area (Å²) in [6.45, 7) is -2.08. The zero-order valence-electron chi connectivity index (χ0n) is 10.9. The minimum atomic E-state index is -2.90. The fourth-order valence-corrected chi connectivity index (χ4v) is 3.16. The van der Waals surface area contributed by atoms with E-state index in [4.69, 9.17) is 0 Å². The number of para-hydroxylation sites is 1. The van der Waals surface area contributed by atoms with E-state index in [-0.39, 0.29) is 17.7 Å². The summed E-state index contributed by atoms with van der Waals surface area (Å²) in [4.78, 5) is 16.2. The second-order valence-corrected chi connectivity index (χ2v) is 5.67. The van der Waals surface area contributed by atoms with Gasteiger partial charge in [-0.1, -0.05) is 17.4 Å². The SMILES string of the molecule is O=C(Nc1nc2c(OC(F)F)cccc2s1)C1CCCN1. The van der Waals surface area contributed by atoms with Crippen molar-refractivity contribution in [3.8, 4) is 5.75 Å². The summed E-state index contributed by atoms with van der Waals surface area (Å²) in [5.41, 5.74) is 0.331. The van der Waals surface area contributed by atoms with E-state index in [9.17, 15) is 13.6 Å². The third kappa shape index (κ3) is 3.11. The van der Waals surface area contributed by atoms with E-state index in [0.717, 1.165) is 19.4 Å². The molecule has 1 aromatic carbocycles. The first-order valence-electron chi connectivity index (χ1n) is 6.52. The lowest BCUT2D eigenvalue weighted by atomic mass is 10.2. The molecule has 3 rings (SSSR count). The number of carbonyl (C=O) groups excluding carboxylic acids is 1. The Hall–Kier alpha value is -1.80. The number of benzene rings is 1. The molecule has 2 heterocycles. The Morgan fingerprint density at radius 2 is 2.38 bits per heavy atom. The number of hydrogen-bond acceptors (Lipinski definition) is 5. The van der Waals surface area contributed by atoms with E-state index in [0.29, 0.717) is 15.3 Å². The molecule has 21 heavy (non-hydrogen) atoms. The highest BCUT2D eigenvalue weighted by Gasteiger charge is 2.23. The van der Waals surface area contributed by atoms with Gasteiger partial charge in [0.25, 0.3) is 0 Å². The van der Waals surface area contributed by atoms with Gasteiger partial charge in [-0.15, -0.1) is 0 Å². The Morgan fingerprint density at radius 1 is 1.52 bits per heavy atom. The van der Waals surface area contributed by atoms with Crippen molar-refractivity contribution in [1.29, 1.82) is 0 Å². The molecule has 8 heteroatoms. The van der Waals surface area contributed by atoms with Gasteiger partial charge < -0.3 is 15.4 Å². The van der Waals surface area contributed by atoms with Crippen LogP contribution < -0.4 is 15.4 Å². The molecule has 2 N–H and O–H groups in total. The number of aromatic nitrogens is 1. The van der Waals surface area contributed by atoms with E-state index in [1.165, 1.54) is 17.4 Å². The zero-order chi connectivity index (χ0) is 14.8. The molecule has 0 aliphatic carbocycles. The van der Waals surface area contributed by atoms with Crippen LogP contribution in [0.3, 0.4) is 0 Å². The van der Waals surface area contributed by atoms with Crippen LogP contribution in [0.2, 0.25) is 0 Å². The number of alkyl halides is 2. The highest BCUT2D eigenvalue weighted by Crippen LogP contribution is 2.33. The molecule has 1 saturated heterocycles. The molecule has 1 aliphatic heterocycles. The second-order valence-electron chi connectivity index (χ2n) is 4.64. The Kier molecular flexibility index (Phi) is 3.98. The van der Waals surface area contributed by atoms with Crippen molar-refractivity contribution in [2.24, 2.45) is 0 Å². The molecular formula is C13H13F2N3O2S. The third-order valence-electron chi connectivity index (χ3n) is 3.20. The smallest absolute Gasteiger partial charge is 0.387 e. The fraction of sp³-hybridized carbons (Fsp3) is 0.385. The highest BCUT2D eigenvalue weighted by atomic mass is 32.1. The lowest BCUT2D eigenvalue weighted by Crippen LogP contribution is -2.35. The van der Waals surface area contributed by atoms with Gasteiger partial charge in [-0.2, -0.15) is 8.78 Å². The molecular weight excluding hydrogens is 300 g/mol. The minimum absolute atomic E-state index is 0.0123. The molecule has 0 radical (unpaired) electrons. The van der Waals surface area contributed by atoms with Crippen molar-refractivity contribution >= 4 is 32.6 Å². The van der Waals surface area contributed by atoms with Gasteiger partial charge in [0.15, 0.2) is 10.9 Å². The Labute approximate surface area is 123 Å². The molecule has 1 aliphatic rings. The molecule has 0 spiro atoms. The quantitative estimate of drug-likeness (QED) is 0.911. The van der Waals surface area contributed by atoms with Gasteiger partial charge in [0.1, 0.15) is 5.52 Å². The topological polar surface area (TPSA) is 63.2 Å². The van der Waals surface area contributed by atoms with Gasteiger partial charge in [-0.25, -0.2) is 4.98 Å². The van der Waals surface area contributed by atoms with Crippen LogP contribution in [0.5, 0.6) is 5.75 Å². The maximum absolute atomic E-state index is 12.3. The fourth-order valence-electron chi connectivity index (χ4n) is 2.27. The number of amides is 1. The van der Waals surface area contributed by atoms with Gasteiger partial charge in [0.2, 0.25) is 5.91 Å². The Morgan fingerprint density at radius 3 is 3.10 bits per heavy atom. The summed E-state index contributed by atoms with van der Waals surface area (Å²) in [5, 5.41) is 6.19. The number of ether oxygens (including phenoxy) is 1. The molecule has 1 atom stereocenters. The molecule has 1 unspecified atom stereocenters. The molecule has 1 amide bonds. The van der Waals surface area contributed by atoms with Gasteiger partial charge >= 0.3 is 6.61 Å². The van der Waals surface area contributed by atoms with Crippen molar-refractivity contribution in [2.45, 2.75) is 25.5 Å². The summed E-state index contributed by atoms with van der Waals surface area (Å²) in [5.74, 6) is -0.138. The summed E-state index contributed by atoms with van der Waals surface area (Å²) < 4.78 is 29.8. The summed E-state index contributed by atoms with van der Waals surface area (Å²) >= 11 is 1.23. The molecule has 5 nitrogen and oxygen atoms in total. The van der Waals surface area contributed by atoms with Crippen LogP contribution in [0.25, 0.3) is 10.2 Å². The largest absolute Gasteiger partial charge is 0.432 e. The highest BCUT2D eigenvalue weighted by molar-refractivity contribution is 7.22. The standard InChI is InChI=1S/C13H13F2N3O2S/c14-12(15)20-8-4-1-5-9-10(8)17-13(21-9)18-11(19)7-3-2-6-16-7/h1,4-5,7,12,16H,2-3,6H2,(H,17,18,19). The first-order chi connectivity index (χ1) is 10.1. The summed E-state index contributed by atoms with van der Waals surface area (Å²) in [6, 6.07) is 4.57. The molecule has 112 valence electrons. The van der Waals surface area contributed by atoms with Crippen molar-refractivity contribution in [2.75, 3.05) is 11.9 Å². The van der Waals surface area contributed by atoms with E-state index in [1.807, 2.05) is 0 Å². The van der Waals surface area contributed by atoms with E-state index in [2.05, 4.69) is 20.4 Å². The summed E-state index contributed by atoms with van der Waals surface area (Å²) in [6.07, 6.45) is 1.75. The number of halogens is 2. The molecule has 0 bridgehead atoms. The predicted molar refractivity (Wildman–Crippen MR) is 75.9 cm³/mol. The van der Waals surface area contributed by atoms with Crippen molar-refractivity contribution < 1.29 is 18.3 Å². The average molecular weight is 313 g/mol. The average Bonchev–Trinajstić information content (AvgIpc) is 3.06. The number of nitrogens with zero attached hydrogens (tertiary/aromatic N) is 1. The number of carbonyl (C=O) groups is 1. The normalized spacial score (nSPS) is 18.3. The number of anilines is 1. The van der Waals surface area contributed by atoms with Gasteiger partial charge in [-0.3, -0.25) is 4.79 Å². The Bertz CT molecular complexity index is 656. The van der Waals surface area contributed by atoms with Crippen molar-refractivity contribution in [3.63, 3.8) is 0 Å². The maximum Gasteiger partial charge on any atom is 0.387 e. The van der Waals surface area contributed by atoms with Crippen molar-refractivity contribution in [3.05, 3.63) is 18.2 Å². The van der Waals surface area contributed by atoms with Gasteiger partial charge in [-0.05, 0) is 31.5 Å². The van der Waals surface area contributed by atoms with Crippen LogP contribution in [-0.4, -0.2) is 30.1 Å². The lowest BCUT2D eigenvalue weighted by molar-refractivity contribution is -0.117. The van der Waals surface area contributed by atoms with Crippen LogP contribution >= 0.6 is 11.3 Å². The predicted octanol–water partition coefficient (Wildman–Crippen LogP) is 2.59. The maximum atomic E-state index is 12.3. The van der Waals surface area contributed by atoms with E-state index < -0.39 is 6.61 Å². The lowest BCUT2D eigenvalue weighted by Gasteiger charge is -2.08.